The van der Waals surface area contributed by atoms with E-state index < -0.39 is 10.1 Å². The first-order valence-corrected chi connectivity index (χ1v) is 9.44. The Morgan fingerprint density at radius 3 is 2.42 bits per heavy atom. The lowest BCUT2D eigenvalue weighted by Gasteiger charge is -2.28. The number of furan rings is 1. The molecule has 24 heavy (non-hydrogen) atoms. The van der Waals surface area contributed by atoms with Gasteiger partial charge < -0.3 is 13.5 Å². The summed E-state index contributed by atoms with van der Waals surface area (Å²) in [5, 5.41) is 0. The molecule has 130 valence electrons. The summed E-state index contributed by atoms with van der Waals surface area (Å²) >= 11 is 0. The lowest BCUT2D eigenvalue weighted by atomic mass is 10.1. The van der Waals surface area contributed by atoms with Gasteiger partial charge in [0, 0.05) is 12.6 Å². The van der Waals surface area contributed by atoms with Crippen molar-refractivity contribution in [2.24, 2.45) is 0 Å². The smallest absolute Gasteiger partial charge is 0.306 e. The number of hydrogen-bond donors (Lipinski definition) is 0. The Balaban J connectivity index is 2.16. The molecule has 0 saturated carbocycles. The molecule has 0 bridgehead atoms. The molecule has 6 nitrogen and oxygen atoms in total. The lowest BCUT2D eigenvalue weighted by Crippen LogP contribution is -2.37. The standard InChI is InChI=1S/C17H21NO5S/c1-4-13(2)18(17(19)16-6-5-11-22-16)12-14-7-9-15(10-8-14)23-24(3,20)21/h5-11,13H,4,12H2,1-3H3/t13-/m1/s1. The number of rotatable bonds is 7. The fraction of sp³-hybridized carbons (Fsp3) is 0.353. The van der Waals surface area contributed by atoms with Gasteiger partial charge in [0.25, 0.3) is 5.91 Å². The van der Waals surface area contributed by atoms with Crippen LogP contribution in [0.3, 0.4) is 0 Å². The van der Waals surface area contributed by atoms with Crippen molar-refractivity contribution in [2.75, 3.05) is 6.26 Å². The largest absolute Gasteiger partial charge is 0.459 e. The zero-order valence-corrected chi connectivity index (χ0v) is 14.7. The SMILES string of the molecule is CC[C@@H](C)N(Cc1ccc(OS(C)(=O)=O)cc1)C(=O)c1ccco1. The Kier molecular flexibility index (Phi) is 5.66. The highest BCUT2D eigenvalue weighted by molar-refractivity contribution is 7.86. The highest BCUT2D eigenvalue weighted by Gasteiger charge is 2.22. The van der Waals surface area contributed by atoms with E-state index in [2.05, 4.69) is 0 Å². The minimum atomic E-state index is -3.55. The second-order valence-electron chi connectivity index (χ2n) is 5.60. The minimum Gasteiger partial charge on any atom is -0.459 e. The van der Waals surface area contributed by atoms with Gasteiger partial charge >= 0.3 is 10.1 Å². The van der Waals surface area contributed by atoms with E-state index in [1.807, 2.05) is 13.8 Å². The van der Waals surface area contributed by atoms with Crippen LogP contribution in [0.1, 0.15) is 36.4 Å². The van der Waals surface area contributed by atoms with Crippen molar-refractivity contribution in [3.8, 4) is 5.75 Å². The second-order valence-corrected chi connectivity index (χ2v) is 7.17. The summed E-state index contributed by atoms with van der Waals surface area (Å²) in [4.78, 5) is 14.3. The molecule has 0 radical (unpaired) electrons. The second kappa shape index (κ2) is 7.53. The van der Waals surface area contributed by atoms with Crippen molar-refractivity contribution in [1.82, 2.24) is 4.90 Å². The molecule has 0 N–H and O–H groups in total. The molecule has 0 spiro atoms. The first kappa shape index (κ1) is 18.1. The van der Waals surface area contributed by atoms with Gasteiger partial charge in [0.05, 0.1) is 12.5 Å². The molecule has 7 heteroatoms. The molecular formula is C17H21NO5S. The van der Waals surface area contributed by atoms with Crippen LogP contribution in [0.5, 0.6) is 5.75 Å². The summed E-state index contributed by atoms with van der Waals surface area (Å²) in [6, 6.07) is 9.98. The maximum atomic E-state index is 12.6. The minimum absolute atomic E-state index is 0.0366. The third-order valence-corrected chi connectivity index (χ3v) is 4.13. The average molecular weight is 351 g/mol. The van der Waals surface area contributed by atoms with E-state index >= 15 is 0 Å². The van der Waals surface area contributed by atoms with Crippen LogP contribution in [-0.2, 0) is 16.7 Å². The number of carbonyl (C=O) groups excluding carboxylic acids is 1. The van der Waals surface area contributed by atoms with E-state index in [0.29, 0.717) is 12.3 Å². The summed E-state index contributed by atoms with van der Waals surface area (Å²) < 4.78 is 32.3. The van der Waals surface area contributed by atoms with Gasteiger partial charge in [0.1, 0.15) is 5.75 Å². The maximum absolute atomic E-state index is 12.6. The molecule has 0 fully saturated rings. The molecule has 0 aliphatic carbocycles. The van der Waals surface area contributed by atoms with Crippen molar-refractivity contribution >= 4 is 16.0 Å². The molecule has 0 aliphatic rings. The Labute approximate surface area is 142 Å². The predicted molar refractivity (Wildman–Crippen MR) is 90.2 cm³/mol. The fourth-order valence-electron chi connectivity index (χ4n) is 2.21. The number of carbonyl (C=O) groups is 1. The highest BCUT2D eigenvalue weighted by Crippen LogP contribution is 2.19. The molecule has 2 rings (SSSR count). The molecule has 1 amide bonds. The van der Waals surface area contributed by atoms with Gasteiger partial charge in [0.2, 0.25) is 0 Å². The summed E-state index contributed by atoms with van der Waals surface area (Å²) in [5.41, 5.74) is 0.871. The third kappa shape index (κ3) is 4.86. The van der Waals surface area contributed by atoms with Crippen LogP contribution < -0.4 is 4.18 Å². The van der Waals surface area contributed by atoms with Crippen molar-refractivity contribution < 1.29 is 21.8 Å². The zero-order chi connectivity index (χ0) is 17.7. The molecule has 0 aliphatic heterocycles. The molecule has 1 atom stereocenters. The van der Waals surface area contributed by atoms with Crippen molar-refractivity contribution in [2.45, 2.75) is 32.9 Å². The zero-order valence-electron chi connectivity index (χ0n) is 13.9. The molecule has 1 aromatic heterocycles. The quantitative estimate of drug-likeness (QED) is 0.717. The highest BCUT2D eigenvalue weighted by atomic mass is 32.2. The molecule has 1 aromatic carbocycles. The van der Waals surface area contributed by atoms with Gasteiger partial charge in [-0.1, -0.05) is 19.1 Å². The van der Waals surface area contributed by atoms with E-state index in [1.54, 1.807) is 41.3 Å². The van der Waals surface area contributed by atoms with E-state index in [-0.39, 0.29) is 17.7 Å². The van der Waals surface area contributed by atoms with E-state index in [0.717, 1.165) is 18.2 Å². The monoisotopic (exact) mass is 351 g/mol. The third-order valence-electron chi connectivity index (χ3n) is 3.64. The van der Waals surface area contributed by atoms with E-state index in [1.165, 1.54) is 6.26 Å². The Morgan fingerprint density at radius 2 is 1.92 bits per heavy atom. The molecular weight excluding hydrogens is 330 g/mol. The molecule has 0 saturated heterocycles. The van der Waals surface area contributed by atoms with Crippen LogP contribution in [0.2, 0.25) is 0 Å². The number of nitrogens with zero attached hydrogens (tertiary/aromatic N) is 1. The predicted octanol–water partition coefficient (Wildman–Crippen LogP) is 3.06. The Hall–Kier alpha value is -2.28. The first-order chi connectivity index (χ1) is 11.3. The Morgan fingerprint density at radius 1 is 1.25 bits per heavy atom. The van der Waals surface area contributed by atoms with Crippen molar-refractivity contribution in [3.63, 3.8) is 0 Å². The number of amides is 1. The van der Waals surface area contributed by atoms with Crippen LogP contribution in [0, 0.1) is 0 Å². The fourth-order valence-corrected chi connectivity index (χ4v) is 2.67. The van der Waals surface area contributed by atoms with E-state index in [4.69, 9.17) is 8.60 Å². The molecule has 0 unspecified atom stereocenters. The lowest BCUT2D eigenvalue weighted by molar-refractivity contribution is 0.0638. The van der Waals surface area contributed by atoms with Crippen LogP contribution in [-0.4, -0.2) is 31.5 Å². The van der Waals surface area contributed by atoms with Gasteiger partial charge in [-0.05, 0) is 43.2 Å². The van der Waals surface area contributed by atoms with Crippen LogP contribution in [0.25, 0.3) is 0 Å². The Bertz CT molecular complexity index is 766. The maximum Gasteiger partial charge on any atom is 0.306 e. The normalized spacial score (nSPS) is 12.6. The number of benzene rings is 1. The van der Waals surface area contributed by atoms with Crippen LogP contribution >= 0.6 is 0 Å². The van der Waals surface area contributed by atoms with Crippen molar-refractivity contribution in [1.29, 1.82) is 0 Å². The van der Waals surface area contributed by atoms with Gasteiger partial charge in [-0.25, -0.2) is 0 Å². The number of hydrogen-bond acceptors (Lipinski definition) is 5. The topological polar surface area (TPSA) is 76.8 Å². The summed E-state index contributed by atoms with van der Waals surface area (Å²) in [6.07, 6.45) is 3.27. The van der Waals surface area contributed by atoms with Crippen LogP contribution in [0.4, 0.5) is 0 Å². The van der Waals surface area contributed by atoms with Gasteiger partial charge in [-0.3, -0.25) is 4.79 Å². The summed E-state index contributed by atoms with van der Waals surface area (Å²) in [6.45, 7) is 4.38. The summed E-state index contributed by atoms with van der Waals surface area (Å²) in [5.74, 6) is 0.367. The van der Waals surface area contributed by atoms with E-state index in [9.17, 15) is 13.2 Å². The van der Waals surface area contributed by atoms with Crippen molar-refractivity contribution in [3.05, 3.63) is 54.0 Å². The molecule has 2 aromatic rings. The van der Waals surface area contributed by atoms with Gasteiger partial charge in [-0.2, -0.15) is 8.42 Å². The van der Waals surface area contributed by atoms with Gasteiger partial charge in [-0.15, -0.1) is 0 Å². The first-order valence-electron chi connectivity index (χ1n) is 7.63. The van der Waals surface area contributed by atoms with Gasteiger partial charge in [0.15, 0.2) is 5.76 Å². The van der Waals surface area contributed by atoms with Crippen LogP contribution in [0.15, 0.2) is 47.1 Å². The summed E-state index contributed by atoms with van der Waals surface area (Å²) in [7, 11) is -3.55. The molecule has 1 heterocycles. The average Bonchev–Trinajstić information content (AvgIpc) is 3.06.